The number of piperidine rings is 1. The molecule has 150 valence electrons. The van der Waals surface area contributed by atoms with Gasteiger partial charge in [0.05, 0.1) is 6.04 Å². The Morgan fingerprint density at radius 2 is 1.82 bits per heavy atom. The fourth-order valence-corrected chi connectivity index (χ4v) is 3.76. The van der Waals surface area contributed by atoms with E-state index in [4.69, 9.17) is 4.74 Å². The molecular weight excluding hydrogens is 355 g/mol. The van der Waals surface area contributed by atoms with E-state index in [1.165, 1.54) is 11.6 Å². The maximum absolute atomic E-state index is 14.4. The van der Waals surface area contributed by atoms with E-state index in [1.54, 1.807) is 6.07 Å². The normalized spacial score (nSPS) is 20.6. The third-order valence-corrected chi connectivity index (χ3v) is 4.95. The van der Waals surface area contributed by atoms with E-state index >= 15 is 0 Å². The molecule has 0 aliphatic carbocycles. The second-order valence-corrected chi connectivity index (χ2v) is 8.39. The van der Waals surface area contributed by atoms with E-state index in [-0.39, 0.29) is 17.8 Å². The summed E-state index contributed by atoms with van der Waals surface area (Å²) in [7, 11) is 0. The molecule has 2 aromatic rings. The number of benzene rings is 2. The van der Waals surface area contributed by atoms with Crippen molar-refractivity contribution in [2.24, 2.45) is 0 Å². The molecule has 1 heterocycles. The SMILES string of the molecule is CC(C)(C)OC(=O)NC1CN(Cc2ccccc2)CCC1c1ccccc1F. The predicted molar refractivity (Wildman–Crippen MR) is 109 cm³/mol. The molecule has 28 heavy (non-hydrogen) atoms. The Morgan fingerprint density at radius 3 is 2.50 bits per heavy atom. The van der Waals surface area contributed by atoms with Gasteiger partial charge in [0.2, 0.25) is 0 Å². The molecule has 0 spiro atoms. The molecule has 1 fully saturated rings. The first-order valence-corrected chi connectivity index (χ1v) is 9.82. The molecule has 1 aliphatic heterocycles. The number of alkyl carbamates (subject to hydrolysis) is 1. The largest absolute Gasteiger partial charge is 0.444 e. The van der Waals surface area contributed by atoms with Crippen LogP contribution in [0.15, 0.2) is 54.6 Å². The third-order valence-electron chi connectivity index (χ3n) is 4.95. The quantitative estimate of drug-likeness (QED) is 0.830. The van der Waals surface area contributed by atoms with Crippen LogP contribution in [0.5, 0.6) is 0 Å². The Bertz CT molecular complexity index is 789. The Hall–Kier alpha value is -2.40. The van der Waals surface area contributed by atoms with Gasteiger partial charge >= 0.3 is 6.09 Å². The zero-order chi connectivity index (χ0) is 20.1. The minimum atomic E-state index is -0.573. The van der Waals surface area contributed by atoms with E-state index < -0.39 is 11.7 Å². The van der Waals surface area contributed by atoms with E-state index in [2.05, 4.69) is 22.3 Å². The molecule has 2 atom stereocenters. The van der Waals surface area contributed by atoms with Crippen LogP contribution in [0.3, 0.4) is 0 Å². The average Bonchev–Trinajstić information content (AvgIpc) is 2.62. The molecule has 1 saturated heterocycles. The van der Waals surface area contributed by atoms with Crippen LogP contribution in [-0.2, 0) is 11.3 Å². The number of carbonyl (C=O) groups excluding carboxylic acids is 1. The molecule has 3 rings (SSSR count). The second-order valence-electron chi connectivity index (χ2n) is 8.39. The lowest BCUT2D eigenvalue weighted by Gasteiger charge is -2.39. The Morgan fingerprint density at radius 1 is 1.14 bits per heavy atom. The van der Waals surface area contributed by atoms with Gasteiger partial charge in [-0.05, 0) is 50.9 Å². The van der Waals surface area contributed by atoms with Gasteiger partial charge in [0, 0.05) is 19.0 Å². The number of ether oxygens (including phenoxy) is 1. The van der Waals surface area contributed by atoms with Gasteiger partial charge in [0.1, 0.15) is 11.4 Å². The van der Waals surface area contributed by atoms with Crippen molar-refractivity contribution < 1.29 is 13.9 Å². The highest BCUT2D eigenvalue weighted by Gasteiger charge is 2.34. The number of rotatable bonds is 4. The summed E-state index contributed by atoms with van der Waals surface area (Å²) in [6, 6.07) is 16.9. The average molecular weight is 384 g/mol. The molecule has 4 nitrogen and oxygen atoms in total. The van der Waals surface area contributed by atoms with Crippen molar-refractivity contribution in [1.82, 2.24) is 10.2 Å². The van der Waals surface area contributed by atoms with Crippen molar-refractivity contribution in [3.8, 4) is 0 Å². The highest BCUT2D eigenvalue weighted by Crippen LogP contribution is 2.31. The fraction of sp³-hybridized carbons (Fsp3) is 0.435. The number of likely N-dealkylation sites (tertiary alicyclic amines) is 1. The first kappa shape index (κ1) is 20.3. The van der Waals surface area contributed by atoms with Gasteiger partial charge in [-0.15, -0.1) is 0 Å². The zero-order valence-electron chi connectivity index (χ0n) is 16.8. The number of hydrogen-bond donors (Lipinski definition) is 1. The van der Waals surface area contributed by atoms with E-state index in [0.717, 1.165) is 19.5 Å². The van der Waals surface area contributed by atoms with Crippen LogP contribution in [0.2, 0.25) is 0 Å². The lowest BCUT2D eigenvalue weighted by atomic mass is 9.85. The summed E-state index contributed by atoms with van der Waals surface area (Å²) in [4.78, 5) is 14.7. The molecule has 2 aromatic carbocycles. The topological polar surface area (TPSA) is 41.6 Å². The lowest BCUT2D eigenvalue weighted by Crippen LogP contribution is -2.52. The number of hydrogen-bond acceptors (Lipinski definition) is 3. The first-order valence-electron chi connectivity index (χ1n) is 9.82. The van der Waals surface area contributed by atoms with Crippen LogP contribution in [0, 0.1) is 5.82 Å². The van der Waals surface area contributed by atoms with E-state index in [9.17, 15) is 9.18 Å². The number of nitrogens with one attached hydrogen (secondary N) is 1. The smallest absolute Gasteiger partial charge is 0.407 e. The monoisotopic (exact) mass is 384 g/mol. The highest BCUT2D eigenvalue weighted by atomic mass is 19.1. The van der Waals surface area contributed by atoms with Crippen molar-refractivity contribution in [3.63, 3.8) is 0 Å². The summed E-state index contributed by atoms with van der Waals surface area (Å²) in [5, 5.41) is 3.00. The lowest BCUT2D eigenvalue weighted by molar-refractivity contribution is 0.0454. The molecule has 1 aliphatic rings. The van der Waals surface area contributed by atoms with Crippen molar-refractivity contribution in [2.45, 2.75) is 51.3 Å². The first-order chi connectivity index (χ1) is 13.3. The maximum atomic E-state index is 14.4. The molecule has 2 unspecified atom stereocenters. The van der Waals surface area contributed by atoms with Crippen LogP contribution in [-0.4, -0.2) is 35.7 Å². The molecule has 0 radical (unpaired) electrons. The third kappa shape index (κ3) is 5.55. The Labute approximate surface area is 166 Å². The zero-order valence-corrected chi connectivity index (χ0v) is 16.8. The summed E-state index contributed by atoms with van der Waals surface area (Å²) in [6.45, 7) is 7.81. The summed E-state index contributed by atoms with van der Waals surface area (Å²) in [6.07, 6.45) is 0.314. The number of amides is 1. The standard InChI is InChI=1S/C23H29FN2O2/c1-23(2,3)28-22(27)25-21-16-26(15-17-9-5-4-6-10-17)14-13-19(21)18-11-7-8-12-20(18)24/h4-12,19,21H,13-16H2,1-3H3,(H,25,27). The van der Waals surface area contributed by atoms with Gasteiger partial charge in [0.25, 0.3) is 0 Å². The molecule has 5 heteroatoms. The highest BCUT2D eigenvalue weighted by molar-refractivity contribution is 5.68. The molecule has 1 amide bonds. The molecule has 0 aromatic heterocycles. The maximum Gasteiger partial charge on any atom is 0.407 e. The fourth-order valence-electron chi connectivity index (χ4n) is 3.76. The van der Waals surface area contributed by atoms with Crippen LogP contribution < -0.4 is 5.32 Å². The molecule has 0 bridgehead atoms. The van der Waals surface area contributed by atoms with Gasteiger partial charge in [-0.1, -0.05) is 48.5 Å². The summed E-state index contributed by atoms with van der Waals surface area (Å²) >= 11 is 0. The minimum Gasteiger partial charge on any atom is -0.444 e. The molecule has 1 N–H and O–H groups in total. The summed E-state index contributed by atoms with van der Waals surface area (Å²) in [5.41, 5.74) is 1.31. The van der Waals surface area contributed by atoms with Crippen molar-refractivity contribution in [1.29, 1.82) is 0 Å². The van der Waals surface area contributed by atoms with Gasteiger partial charge in [-0.2, -0.15) is 0 Å². The summed E-state index contributed by atoms with van der Waals surface area (Å²) in [5.74, 6) is -0.305. The van der Waals surface area contributed by atoms with Gasteiger partial charge in [-0.3, -0.25) is 4.90 Å². The van der Waals surface area contributed by atoms with Crippen LogP contribution in [0.1, 0.15) is 44.2 Å². The molecule has 0 saturated carbocycles. The Kier molecular flexibility index (Phi) is 6.35. The summed E-state index contributed by atoms with van der Waals surface area (Å²) < 4.78 is 19.9. The van der Waals surface area contributed by atoms with Gasteiger partial charge in [0.15, 0.2) is 0 Å². The van der Waals surface area contributed by atoms with Crippen LogP contribution in [0.25, 0.3) is 0 Å². The van der Waals surface area contributed by atoms with Crippen LogP contribution in [0.4, 0.5) is 9.18 Å². The predicted octanol–water partition coefficient (Wildman–Crippen LogP) is 4.71. The Balaban J connectivity index is 1.76. The van der Waals surface area contributed by atoms with Crippen molar-refractivity contribution >= 4 is 6.09 Å². The van der Waals surface area contributed by atoms with Gasteiger partial charge in [-0.25, -0.2) is 9.18 Å². The van der Waals surface area contributed by atoms with E-state index in [1.807, 2.05) is 51.1 Å². The van der Waals surface area contributed by atoms with E-state index in [0.29, 0.717) is 12.1 Å². The van der Waals surface area contributed by atoms with Gasteiger partial charge < -0.3 is 10.1 Å². The second kappa shape index (κ2) is 8.74. The number of carbonyl (C=O) groups is 1. The van der Waals surface area contributed by atoms with Crippen LogP contribution >= 0.6 is 0 Å². The number of nitrogens with zero attached hydrogens (tertiary/aromatic N) is 1. The number of halogens is 1. The van der Waals surface area contributed by atoms with Crippen molar-refractivity contribution in [2.75, 3.05) is 13.1 Å². The van der Waals surface area contributed by atoms with Crippen molar-refractivity contribution in [3.05, 3.63) is 71.5 Å². The minimum absolute atomic E-state index is 0.0826. The molecular formula is C23H29FN2O2.